The number of nitrogens with zero attached hydrogens (tertiary/aromatic N) is 1. The molecule has 0 radical (unpaired) electrons. The second-order valence-electron chi connectivity index (χ2n) is 6.07. The molecule has 0 fully saturated rings. The van der Waals surface area contributed by atoms with E-state index in [0.717, 1.165) is 22.9 Å². The minimum Gasteiger partial charge on any atom is -0.497 e. The third-order valence-electron chi connectivity index (χ3n) is 4.07. The number of carbonyl (C=O) groups excluding carboxylic acids is 1. The van der Waals surface area contributed by atoms with Gasteiger partial charge in [-0.1, -0.05) is 6.07 Å². The molecule has 1 amide bonds. The van der Waals surface area contributed by atoms with E-state index < -0.39 is 0 Å². The Morgan fingerprint density at radius 3 is 2.34 bits per heavy atom. The molecule has 3 rings (SSSR count). The van der Waals surface area contributed by atoms with Gasteiger partial charge in [0.05, 0.1) is 32.6 Å². The van der Waals surface area contributed by atoms with Gasteiger partial charge in [0.2, 0.25) is 0 Å². The van der Waals surface area contributed by atoms with Crippen LogP contribution in [0.3, 0.4) is 0 Å². The maximum absolute atomic E-state index is 12.2. The molecule has 1 aromatic heterocycles. The zero-order valence-electron chi connectivity index (χ0n) is 16.3. The van der Waals surface area contributed by atoms with Crippen molar-refractivity contribution in [3.63, 3.8) is 0 Å². The highest BCUT2D eigenvalue weighted by molar-refractivity contribution is 5.92. The fourth-order valence-corrected chi connectivity index (χ4v) is 2.57. The van der Waals surface area contributed by atoms with Gasteiger partial charge < -0.3 is 24.8 Å². The SMILES string of the molecule is COc1ccc(OCCNC(=O)c2ccc(Nc3cccc(OC)c3)cn2)cc1. The first-order valence-corrected chi connectivity index (χ1v) is 9.10. The quantitative estimate of drug-likeness (QED) is 0.540. The van der Waals surface area contributed by atoms with Crippen LogP contribution >= 0.6 is 0 Å². The van der Waals surface area contributed by atoms with Gasteiger partial charge in [-0.25, -0.2) is 4.98 Å². The summed E-state index contributed by atoms with van der Waals surface area (Å²) in [4.78, 5) is 16.4. The number of ether oxygens (including phenoxy) is 3. The molecule has 29 heavy (non-hydrogen) atoms. The summed E-state index contributed by atoms with van der Waals surface area (Å²) in [5, 5.41) is 6.01. The number of pyridine rings is 1. The summed E-state index contributed by atoms with van der Waals surface area (Å²) < 4.78 is 15.9. The standard InChI is InChI=1S/C22H23N3O4/c1-27-18-7-9-19(10-8-18)29-13-12-23-22(26)21-11-6-17(15-24-21)25-16-4-3-5-20(14-16)28-2/h3-11,14-15,25H,12-13H2,1-2H3,(H,23,26). The van der Waals surface area contributed by atoms with Crippen LogP contribution < -0.4 is 24.8 Å². The molecule has 2 aromatic carbocycles. The number of amides is 1. The molecule has 0 aliphatic heterocycles. The van der Waals surface area contributed by atoms with Crippen molar-refractivity contribution in [3.05, 3.63) is 72.6 Å². The highest BCUT2D eigenvalue weighted by Gasteiger charge is 2.07. The van der Waals surface area contributed by atoms with Crippen molar-refractivity contribution < 1.29 is 19.0 Å². The topological polar surface area (TPSA) is 81.7 Å². The normalized spacial score (nSPS) is 10.1. The second-order valence-corrected chi connectivity index (χ2v) is 6.07. The number of rotatable bonds is 9. The van der Waals surface area contributed by atoms with Gasteiger partial charge in [-0.3, -0.25) is 4.79 Å². The Kier molecular flexibility index (Phi) is 6.89. The Bertz CT molecular complexity index is 928. The number of anilines is 2. The van der Waals surface area contributed by atoms with Gasteiger partial charge in [-0.2, -0.15) is 0 Å². The van der Waals surface area contributed by atoms with Crippen LogP contribution in [0.5, 0.6) is 17.2 Å². The van der Waals surface area contributed by atoms with E-state index in [-0.39, 0.29) is 5.91 Å². The molecule has 3 aromatic rings. The van der Waals surface area contributed by atoms with Crippen molar-refractivity contribution in [2.75, 3.05) is 32.7 Å². The third kappa shape index (κ3) is 5.87. The lowest BCUT2D eigenvalue weighted by molar-refractivity contribution is 0.0942. The second kappa shape index (κ2) is 9.98. The van der Waals surface area contributed by atoms with Crippen LogP contribution in [0.1, 0.15) is 10.5 Å². The number of benzene rings is 2. The first-order chi connectivity index (χ1) is 14.2. The lowest BCUT2D eigenvalue weighted by Crippen LogP contribution is -2.28. The van der Waals surface area contributed by atoms with E-state index in [2.05, 4.69) is 15.6 Å². The molecule has 7 nitrogen and oxygen atoms in total. The van der Waals surface area contributed by atoms with Crippen molar-refractivity contribution in [3.8, 4) is 17.2 Å². The fourth-order valence-electron chi connectivity index (χ4n) is 2.57. The highest BCUT2D eigenvalue weighted by Crippen LogP contribution is 2.21. The number of hydrogen-bond donors (Lipinski definition) is 2. The predicted octanol–water partition coefficient (Wildman–Crippen LogP) is 3.65. The Morgan fingerprint density at radius 2 is 1.66 bits per heavy atom. The summed E-state index contributed by atoms with van der Waals surface area (Å²) in [6, 6.07) is 18.3. The number of carbonyl (C=O) groups is 1. The first kappa shape index (κ1) is 20.0. The summed E-state index contributed by atoms with van der Waals surface area (Å²) in [5.74, 6) is 1.99. The minimum atomic E-state index is -0.253. The average molecular weight is 393 g/mol. The minimum absolute atomic E-state index is 0.253. The number of hydrogen-bond acceptors (Lipinski definition) is 6. The van der Waals surface area contributed by atoms with E-state index in [1.807, 2.05) is 48.5 Å². The largest absolute Gasteiger partial charge is 0.497 e. The van der Waals surface area contributed by atoms with Gasteiger partial charge in [0, 0.05) is 11.8 Å². The summed E-state index contributed by atoms with van der Waals surface area (Å²) in [5.41, 5.74) is 1.99. The molecule has 0 saturated carbocycles. The highest BCUT2D eigenvalue weighted by atomic mass is 16.5. The molecule has 150 valence electrons. The summed E-state index contributed by atoms with van der Waals surface area (Å²) in [6.45, 7) is 0.726. The zero-order chi connectivity index (χ0) is 20.5. The maximum Gasteiger partial charge on any atom is 0.269 e. The van der Waals surface area contributed by atoms with Crippen molar-refractivity contribution in [1.82, 2.24) is 10.3 Å². The predicted molar refractivity (Wildman–Crippen MR) is 111 cm³/mol. The Labute approximate surface area is 169 Å². The van der Waals surface area contributed by atoms with Crippen LogP contribution in [0.2, 0.25) is 0 Å². The van der Waals surface area contributed by atoms with Crippen LogP contribution in [0.4, 0.5) is 11.4 Å². The van der Waals surface area contributed by atoms with Crippen LogP contribution in [-0.2, 0) is 0 Å². The van der Waals surface area contributed by atoms with E-state index in [1.165, 1.54) is 0 Å². The van der Waals surface area contributed by atoms with E-state index in [4.69, 9.17) is 14.2 Å². The lowest BCUT2D eigenvalue weighted by Gasteiger charge is -2.09. The third-order valence-corrected chi connectivity index (χ3v) is 4.07. The number of methoxy groups -OCH3 is 2. The van der Waals surface area contributed by atoms with E-state index in [9.17, 15) is 4.79 Å². The van der Waals surface area contributed by atoms with Crippen molar-refractivity contribution in [1.29, 1.82) is 0 Å². The summed E-state index contributed by atoms with van der Waals surface area (Å²) >= 11 is 0. The molecular formula is C22H23N3O4. The zero-order valence-corrected chi connectivity index (χ0v) is 16.3. The Morgan fingerprint density at radius 1 is 0.897 bits per heavy atom. The molecule has 0 bridgehead atoms. The molecule has 7 heteroatoms. The molecule has 0 saturated heterocycles. The maximum atomic E-state index is 12.2. The smallest absolute Gasteiger partial charge is 0.269 e. The molecule has 0 spiro atoms. The molecule has 1 heterocycles. The number of aromatic nitrogens is 1. The van der Waals surface area contributed by atoms with Crippen molar-refractivity contribution >= 4 is 17.3 Å². The van der Waals surface area contributed by atoms with Crippen LogP contribution in [0.25, 0.3) is 0 Å². The van der Waals surface area contributed by atoms with E-state index in [1.54, 1.807) is 32.5 Å². The number of nitrogens with one attached hydrogen (secondary N) is 2. The van der Waals surface area contributed by atoms with Gasteiger partial charge in [0.1, 0.15) is 29.5 Å². The molecular weight excluding hydrogens is 370 g/mol. The van der Waals surface area contributed by atoms with Crippen LogP contribution in [0, 0.1) is 0 Å². The van der Waals surface area contributed by atoms with Gasteiger partial charge >= 0.3 is 0 Å². The average Bonchev–Trinajstić information content (AvgIpc) is 2.77. The molecule has 0 atom stereocenters. The van der Waals surface area contributed by atoms with E-state index in [0.29, 0.717) is 24.6 Å². The van der Waals surface area contributed by atoms with Crippen molar-refractivity contribution in [2.45, 2.75) is 0 Å². The van der Waals surface area contributed by atoms with Crippen molar-refractivity contribution in [2.24, 2.45) is 0 Å². The van der Waals surface area contributed by atoms with E-state index >= 15 is 0 Å². The van der Waals surface area contributed by atoms with Gasteiger partial charge in [-0.05, 0) is 48.5 Å². The van der Waals surface area contributed by atoms with Gasteiger partial charge in [-0.15, -0.1) is 0 Å². The Hall–Kier alpha value is -3.74. The molecule has 2 N–H and O–H groups in total. The van der Waals surface area contributed by atoms with Gasteiger partial charge in [0.25, 0.3) is 5.91 Å². The van der Waals surface area contributed by atoms with Crippen LogP contribution in [-0.4, -0.2) is 38.3 Å². The lowest BCUT2D eigenvalue weighted by atomic mass is 10.2. The summed E-state index contributed by atoms with van der Waals surface area (Å²) in [7, 11) is 3.23. The fraction of sp³-hybridized carbons (Fsp3) is 0.182. The monoisotopic (exact) mass is 393 g/mol. The first-order valence-electron chi connectivity index (χ1n) is 9.10. The van der Waals surface area contributed by atoms with Gasteiger partial charge in [0.15, 0.2) is 0 Å². The van der Waals surface area contributed by atoms with Crippen LogP contribution in [0.15, 0.2) is 66.9 Å². The molecule has 0 aliphatic carbocycles. The summed E-state index contributed by atoms with van der Waals surface area (Å²) in [6.07, 6.45) is 1.61. The Balaban J connectivity index is 1.45. The molecule has 0 unspecified atom stereocenters. The molecule has 0 aliphatic rings.